The van der Waals surface area contributed by atoms with Crippen LogP contribution in [-0.2, 0) is 11.3 Å². The number of hydrogen-bond acceptors (Lipinski definition) is 4. The highest BCUT2D eigenvalue weighted by Gasteiger charge is 2.23. The number of halogens is 1. The molecule has 0 bridgehead atoms. The Bertz CT molecular complexity index is 1100. The zero-order valence-corrected chi connectivity index (χ0v) is 16.3. The molecule has 0 radical (unpaired) electrons. The summed E-state index contributed by atoms with van der Waals surface area (Å²) in [5.41, 5.74) is 1.48. The molecule has 2 heterocycles. The molecule has 4 rings (SSSR count). The molecule has 1 N–H and O–H groups in total. The van der Waals surface area contributed by atoms with Gasteiger partial charge >= 0.3 is 0 Å². The van der Waals surface area contributed by atoms with Crippen molar-refractivity contribution in [1.82, 2.24) is 14.9 Å². The van der Waals surface area contributed by atoms with Gasteiger partial charge in [0, 0.05) is 15.7 Å². The number of thioether (sulfide) groups is 1. The van der Waals surface area contributed by atoms with E-state index in [4.69, 9.17) is 11.6 Å². The van der Waals surface area contributed by atoms with Crippen LogP contribution in [0, 0.1) is 6.92 Å². The molecule has 1 aliphatic heterocycles. The first-order valence-corrected chi connectivity index (χ1v) is 10.1. The lowest BCUT2D eigenvalue weighted by Gasteiger charge is -2.26. The van der Waals surface area contributed by atoms with E-state index < -0.39 is 0 Å². The number of carbonyl (C=O) groups excluding carboxylic acids is 1. The Morgan fingerprint density at radius 3 is 3.00 bits per heavy atom. The van der Waals surface area contributed by atoms with Gasteiger partial charge in [-0.15, -0.1) is 11.8 Å². The summed E-state index contributed by atoms with van der Waals surface area (Å²) in [7, 11) is 0. The number of amides is 1. The minimum atomic E-state index is -0.208. The molecular weight excluding hydrogens is 382 g/mol. The van der Waals surface area contributed by atoms with E-state index in [0.29, 0.717) is 21.7 Å². The van der Waals surface area contributed by atoms with E-state index in [2.05, 4.69) is 10.3 Å². The summed E-state index contributed by atoms with van der Waals surface area (Å²) in [5.74, 6) is 1.24. The topological polar surface area (TPSA) is 64.0 Å². The number of nitrogens with one attached hydrogen (secondary N) is 1. The van der Waals surface area contributed by atoms with Crippen molar-refractivity contribution in [2.45, 2.75) is 30.8 Å². The SMILES string of the molecule is Cc1nc2ccccc2c(=O)n1CC(=O)NC1CCSc2ccc(Cl)cc21. The molecule has 1 aromatic heterocycles. The molecule has 27 heavy (non-hydrogen) atoms. The van der Waals surface area contributed by atoms with Crippen molar-refractivity contribution < 1.29 is 4.79 Å². The second kappa shape index (κ2) is 7.37. The molecule has 0 aliphatic carbocycles. The number of benzene rings is 2. The van der Waals surface area contributed by atoms with E-state index >= 15 is 0 Å². The highest BCUT2D eigenvalue weighted by molar-refractivity contribution is 7.99. The van der Waals surface area contributed by atoms with Crippen LogP contribution < -0.4 is 10.9 Å². The van der Waals surface area contributed by atoms with Gasteiger partial charge in [0.15, 0.2) is 0 Å². The standard InChI is InChI=1S/C20H18ClN3O2S/c1-12-22-16-5-3-2-4-14(16)20(26)24(12)11-19(25)23-17-8-9-27-18-7-6-13(21)10-15(17)18/h2-7,10,17H,8-9,11H2,1H3,(H,23,25). The van der Waals surface area contributed by atoms with Crippen molar-refractivity contribution >= 4 is 40.2 Å². The molecule has 2 aromatic carbocycles. The number of para-hydroxylation sites is 1. The van der Waals surface area contributed by atoms with Crippen LogP contribution in [0.4, 0.5) is 0 Å². The third-order valence-electron chi connectivity index (χ3n) is 4.70. The van der Waals surface area contributed by atoms with Crippen LogP contribution in [0.5, 0.6) is 0 Å². The molecule has 5 nitrogen and oxygen atoms in total. The van der Waals surface area contributed by atoms with Gasteiger partial charge in [0.05, 0.1) is 16.9 Å². The third kappa shape index (κ3) is 3.59. The van der Waals surface area contributed by atoms with Crippen LogP contribution in [0.15, 0.2) is 52.2 Å². The lowest BCUT2D eigenvalue weighted by molar-refractivity contribution is -0.122. The van der Waals surface area contributed by atoms with Crippen molar-refractivity contribution in [3.63, 3.8) is 0 Å². The molecule has 7 heteroatoms. The van der Waals surface area contributed by atoms with Gasteiger partial charge in [-0.25, -0.2) is 4.98 Å². The molecule has 0 saturated carbocycles. The fourth-order valence-corrected chi connectivity index (χ4v) is 4.65. The Morgan fingerprint density at radius 2 is 2.15 bits per heavy atom. The average molecular weight is 400 g/mol. The lowest BCUT2D eigenvalue weighted by Crippen LogP contribution is -2.37. The van der Waals surface area contributed by atoms with Crippen molar-refractivity contribution in [3.05, 3.63) is 69.2 Å². The van der Waals surface area contributed by atoms with Crippen molar-refractivity contribution in [1.29, 1.82) is 0 Å². The zero-order valence-electron chi connectivity index (χ0n) is 14.7. The maximum atomic E-state index is 12.7. The van der Waals surface area contributed by atoms with E-state index in [-0.39, 0.29) is 24.1 Å². The molecule has 0 saturated heterocycles. The summed E-state index contributed by atoms with van der Waals surface area (Å²) in [6, 6.07) is 12.8. The normalized spacial score (nSPS) is 16.1. The second-order valence-electron chi connectivity index (χ2n) is 6.51. The van der Waals surface area contributed by atoms with E-state index in [1.54, 1.807) is 36.9 Å². The number of rotatable bonds is 3. The predicted octanol–water partition coefficient (Wildman–Crippen LogP) is 3.71. The Balaban J connectivity index is 1.59. The van der Waals surface area contributed by atoms with Crippen LogP contribution >= 0.6 is 23.4 Å². The summed E-state index contributed by atoms with van der Waals surface area (Å²) in [6.07, 6.45) is 0.827. The van der Waals surface area contributed by atoms with E-state index in [1.807, 2.05) is 24.3 Å². The van der Waals surface area contributed by atoms with E-state index in [0.717, 1.165) is 22.6 Å². The van der Waals surface area contributed by atoms with Gasteiger partial charge in [-0.2, -0.15) is 0 Å². The van der Waals surface area contributed by atoms with Crippen molar-refractivity contribution in [2.75, 3.05) is 5.75 Å². The Morgan fingerprint density at radius 1 is 1.33 bits per heavy atom. The van der Waals surface area contributed by atoms with Gasteiger partial charge in [0.25, 0.3) is 5.56 Å². The predicted molar refractivity (Wildman–Crippen MR) is 108 cm³/mol. The van der Waals surface area contributed by atoms with Gasteiger partial charge in [0.1, 0.15) is 12.4 Å². The molecular formula is C20H18ClN3O2S. The molecule has 138 valence electrons. The smallest absolute Gasteiger partial charge is 0.261 e. The first-order chi connectivity index (χ1) is 13.0. The third-order valence-corrected chi connectivity index (χ3v) is 6.06. The lowest BCUT2D eigenvalue weighted by atomic mass is 10.0. The summed E-state index contributed by atoms with van der Waals surface area (Å²) >= 11 is 7.89. The highest BCUT2D eigenvalue weighted by atomic mass is 35.5. The first-order valence-electron chi connectivity index (χ1n) is 8.71. The summed E-state index contributed by atoms with van der Waals surface area (Å²) in [5, 5.41) is 4.22. The highest BCUT2D eigenvalue weighted by Crippen LogP contribution is 2.37. The van der Waals surface area contributed by atoms with Gasteiger partial charge < -0.3 is 5.32 Å². The van der Waals surface area contributed by atoms with Crippen LogP contribution in [0.3, 0.4) is 0 Å². The molecule has 0 fully saturated rings. The molecule has 3 aromatic rings. The molecule has 1 unspecified atom stereocenters. The Kier molecular flexibility index (Phi) is 4.93. The monoisotopic (exact) mass is 399 g/mol. The summed E-state index contributed by atoms with van der Waals surface area (Å²) < 4.78 is 1.42. The fourth-order valence-electron chi connectivity index (χ4n) is 3.36. The van der Waals surface area contributed by atoms with Gasteiger partial charge in [-0.05, 0) is 49.2 Å². The number of nitrogens with zero attached hydrogens (tertiary/aromatic N) is 2. The molecule has 1 atom stereocenters. The van der Waals surface area contributed by atoms with Gasteiger partial charge in [-0.1, -0.05) is 23.7 Å². The van der Waals surface area contributed by atoms with Crippen molar-refractivity contribution in [2.24, 2.45) is 0 Å². The maximum Gasteiger partial charge on any atom is 0.261 e. The Hall–Kier alpha value is -2.31. The number of fused-ring (bicyclic) bond motifs is 2. The Labute approximate surface area is 165 Å². The van der Waals surface area contributed by atoms with E-state index in [9.17, 15) is 9.59 Å². The second-order valence-corrected chi connectivity index (χ2v) is 8.08. The van der Waals surface area contributed by atoms with Crippen LogP contribution in [-0.4, -0.2) is 21.2 Å². The first kappa shape index (κ1) is 18.1. The van der Waals surface area contributed by atoms with Gasteiger partial charge in [-0.3, -0.25) is 14.2 Å². The van der Waals surface area contributed by atoms with Crippen molar-refractivity contribution in [3.8, 4) is 0 Å². The van der Waals surface area contributed by atoms with E-state index in [1.165, 1.54) is 4.57 Å². The van der Waals surface area contributed by atoms with Crippen LogP contribution in [0.25, 0.3) is 10.9 Å². The van der Waals surface area contributed by atoms with Crippen LogP contribution in [0.1, 0.15) is 23.9 Å². The maximum absolute atomic E-state index is 12.7. The minimum Gasteiger partial charge on any atom is -0.348 e. The molecule has 1 amide bonds. The largest absolute Gasteiger partial charge is 0.348 e. The van der Waals surface area contributed by atoms with Gasteiger partial charge in [0.2, 0.25) is 5.91 Å². The average Bonchev–Trinajstić information content (AvgIpc) is 2.65. The molecule has 0 spiro atoms. The quantitative estimate of drug-likeness (QED) is 0.729. The fraction of sp³-hybridized carbons (Fsp3) is 0.250. The van der Waals surface area contributed by atoms with Crippen LogP contribution in [0.2, 0.25) is 5.02 Å². The number of aryl methyl sites for hydroxylation is 1. The summed E-state index contributed by atoms with van der Waals surface area (Å²) in [4.78, 5) is 31.0. The minimum absolute atomic E-state index is 0.0535. The number of aromatic nitrogens is 2. The number of hydrogen-bond donors (Lipinski definition) is 1. The zero-order chi connectivity index (χ0) is 19.0. The summed E-state index contributed by atoms with van der Waals surface area (Å²) in [6.45, 7) is 1.69. The molecule has 1 aliphatic rings. The number of carbonyl (C=O) groups is 1.